The number of nitrogens with one attached hydrogen (secondary N) is 2. The number of anilines is 2. The second kappa shape index (κ2) is 8.30. The maximum atomic E-state index is 13.1. The maximum absolute atomic E-state index is 13.1. The van der Waals surface area contributed by atoms with Gasteiger partial charge in [0.15, 0.2) is 0 Å². The Morgan fingerprint density at radius 1 is 0.885 bits per heavy atom. The monoisotopic (exact) mass is 380 g/mol. The van der Waals surface area contributed by atoms with Crippen molar-refractivity contribution in [3.8, 4) is 0 Å². The number of halogens is 2. The summed E-state index contributed by atoms with van der Waals surface area (Å²) in [6, 6.07) is 6.91. The van der Waals surface area contributed by atoms with Crippen LogP contribution in [0.15, 0.2) is 36.4 Å². The average molecular weight is 381 g/mol. The molecule has 0 saturated carbocycles. The lowest BCUT2D eigenvalue weighted by molar-refractivity contribution is 0.0599. The van der Waals surface area contributed by atoms with Gasteiger partial charge in [0, 0.05) is 11.4 Å². The zero-order chi connectivity index (χ0) is 19.3. The van der Waals surface area contributed by atoms with Crippen molar-refractivity contribution in [3.63, 3.8) is 0 Å². The minimum absolute atomic E-state index is 0.0514. The van der Waals surface area contributed by atoms with Crippen LogP contribution in [0, 0.1) is 5.82 Å². The van der Waals surface area contributed by atoms with Gasteiger partial charge in [0.1, 0.15) is 5.82 Å². The number of carbonyl (C=O) groups excluding carboxylic acids is 3. The number of benzene rings is 2. The molecule has 2 amide bonds. The van der Waals surface area contributed by atoms with Crippen LogP contribution in [0.4, 0.5) is 20.6 Å². The fraction of sp³-hybridized carbons (Fsp3) is 0.118. The summed E-state index contributed by atoms with van der Waals surface area (Å²) in [5, 5.41) is 4.76. The smallest absolute Gasteiger partial charge is 0.337 e. The Balaban J connectivity index is 2.23. The highest BCUT2D eigenvalue weighted by molar-refractivity contribution is 6.31. The third-order valence-electron chi connectivity index (χ3n) is 3.21. The van der Waals surface area contributed by atoms with Gasteiger partial charge >= 0.3 is 18.0 Å². The van der Waals surface area contributed by atoms with Crippen molar-refractivity contribution in [1.29, 1.82) is 0 Å². The SMILES string of the molecule is COC(=O)c1cc(NC(=O)Nc2ccc(F)c(Cl)c2)cc(C(=O)OC)c1. The number of hydrogen-bond acceptors (Lipinski definition) is 5. The lowest BCUT2D eigenvalue weighted by Crippen LogP contribution is -2.20. The molecule has 0 radical (unpaired) electrons. The fourth-order valence-electron chi connectivity index (χ4n) is 2.04. The number of methoxy groups -OCH3 is 2. The lowest BCUT2D eigenvalue weighted by Gasteiger charge is -2.11. The molecule has 0 bridgehead atoms. The highest BCUT2D eigenvalue weighted by Gasteiger charge is 2.15. The molecule has 2 rings (SSSR count). The van der Waals surface area contributed by atoms with Crippen molar-refractivity contribution >= 4 is 40.9 Å². The summed E-state index contributed by atoms with van der Waals surface area (Å²) in [4.78, 5) is 35.5. The van der Waals surface area contributed by atoms with E-state index in [1.54, 1.807) is 0 Å². The third-order valence-corrected chi connectivity index (χ3v) is 3.50. The fourth-order valence-corrected chi connectivity index (χ4v) is 2.22. The van der Waals surface area contributed by atoms with Crippen molar-refractivity contribution in [2.24, 2.45) is 0 Å². The highest BCUT2D eigenvalue weighted by Crippen LogP contribution is 2.20. The molecule has 2 aromatic carbocycles. The minimum Gasteiger partial charge on any atom is -0.465 e. The number of rotatable bonds is 4. The third kappa shape index (κ3) is 4.70. The number of amides is 2. The number of urea groups is 1. The van der Waals surface area contributed by atoms with E-state index in [0.29, 0.717) is 0 Å². The van der Waals surface area contributed by atoms with E-state index < -0.39 is 23.8 Å². The van der Waals surface area contributed by atoms with Crippen molar-refractivity contribution < 1.29 is 28.2 Å². The van der Waals surface area contributed by atoms with E-state index in [1.807, 2.05) is 0 Å². The van der Waals surface area contributed by atoms with Crippen LogP contribution in [0.25, 0.3) is 0 Å². The van der Waals surface area contributed by atoms with Crippen LogP contribution in [0.5, 0.6) is 0 Å². The topological polar surface area (TPSA) is 93.7 Å². The Morgan fingerprint density at radius 3 is 1.92 bits per heavy atom. The van der Waals surface area contributed by atoms with Crippen molar-refractivity contribution in [2.75, 3.05) is 24.9 Å². The quantitative estimate of drug-likeness (QED) is 0.789. The molecule has 136 valence electrons. The summed E-state index contributed by atoms with van der Waals surface area (Å²) in [6.45, 7) is 0. The number of carbonyl (C=O) groups is 3. The van der Waals surface area contributed by atoms with Crippen molar-refractivity contribution in [1.82, 2.24) is 0 Å². The summed E-state index contributed by atoms with van der Waals surface area (Å²) in [7, 11) is 2.37. The first-order chi connectivity index (χ1) is 12.3. The molecule has 0 aliphatic heterocycles. The van der Waals surface area contributed by atoms with E-state index in [9.17, 15) is 18.8 Å². The van der Waals surface area contributed by atoms with E-state index in [-0.39, 0.29) is 27.5 Å². The molecule has 26 heavy (non-hydrogen) atoms. The molecule has 0 atom stereocenters. The van der Waals surface area contributed by atoms with Crippen LogP contribution in [-0.2, 0) is 9.47 Å². The molecule has 0 spiro atoms. The average Bonchev–Trinajstić information content (AvgIpc) is 2.62. The summed E-state index contributed by atoms with van der Waals surface area (Å²) in [5.41, 5.74) is 0.510. The highest BCUT2D eigenvalue weighted by atomic mass is 35.5. The lowest BCUT2D eigenvalue weighted by atomic mass is 10.1. The van der Waals surface area contributed by atoms with Crippen LogP contribution in [0.2, 0.25) is 5.02 Å². The van der Waals surface area contributed by atoms with Gasteiger partial charge in [-0.2, -0.15) is 0 Å². The normalized spacial score (nSPS) is 10.0. The second-order valence-corrected chi connectivity index (χ2v) is 5.40. The molecular weight excluding hydrogens is 367 g/mol. The number of hydrogen-bond donors (Lipinski definition) is 2. The van der Waals surface area contributed by atoms with E-state index in [4.69, 9.17) is 11.6 Å². The first-order valence-electron chi connectivity index (χ1n) is 7.19. The summed E-state index contributed by atoms with van der Waals surface area (Å²) < 4.78 is 22.4. The number of ether oxygens (including phenoxy) is 2. The van der Waals surface area contributed by atoms with Crippen LogP contribution < -0.4 is 10.6 Å². The van der Waals surface area contributed by atoms with Gasteiger partial charge in [-0.25, -0.2) is 18.8 Å². The Kier molecular flexibility index (Phi) is 6.13. The first kappa shape index (κ1) is 19.2. The van der Waals surface area contributed by atoms with E-state index in [1.165, 1.54) is 44.6 Å². The van der Waals surface area contributed by atoms with Gasteiger partial charge in [0.2, 0.25) is 0 Å². The maximum Gasteiger partial charge on any atom is 0.337 e. The molecule has 0 aliphatic rings. The standard InChI is InChI=1S/C17H14ClFN2O5/c1-25-15(22)9-5-10(16(23)26-2)7-12(6-9)21-17(24)20-11-3-4-14(19)13(18)8-11/h3-8H,1-2H3,(H2,20,21,24). The Hall–Kier alpha value is -3.13. The van der Waals surface area contributed by atoms with Gasteiger partial charge in [-0.3, -0.25) is 0 Å². The Labute approximate surface area is 153 Å². The van der Waals surface area contributed by atoms with Crippen LogP contribution >= 0.6 is 11.6 Å². The zero-order valence-corrected chi connectivity index (χ0v) is 14.5. The Bertz CT molecular complexity index is 838. The predicted molar refractivity (Wildman–Crippen MR) is 93.2 cm³/mol. The molecule has 0 unspecified atom stereocenters. The number of esters is 2. The zero-order valence-electron chi connectivity index (χ0n) is 13.8. The van der Waals surface area contributed by atoms with Gasteiger partial charge in [0.05, 0.1) is 30.4 Å². The van der Waals surface area contributed by atoms with Crippen LogP contribution in [-0.4, -0.2) is 32.2 Å². The van der Waals surface area contributed by atoms with Gasteiger partial charge < -0.3 is 20.1 Å². The molecule has 9 heteroatoms. The largest absolute Gasteiger partial charge is 0.465 e. The van der Waals surface area contributed by atoms with Gasteiger partial charge in [-0.05, 0) is 36.4 Å². The molecule has 0 saturated heterocycles. The molecule has 7 nitrogen and oxygen atoms in total. The predicted octanol–water partition coefficient (Wildman–Crippen LogP) is 3.70. The van der Waals surface area contributed by atoms with Gasteiger partial charge in [-0.1, -0.05) is 11.6 Å². The van der Waals surface area contributed by atoms with Crippen molar-refractivity contribution in [3.05, 3.63) is 58.4 Å². The van der Waals surface area contributed by atoms with Gasteiger partial charge in [-0.15, -0.1) is 0 Å². The van der Waals surface area contributed by atoms with Crippen molar-refractivity contribution in [2.45, 2.75) is 0 Å². The molecule has 2 aromatic rings. The van der Waals surface area contributed by atoms with Crippen LogP contribution in [0.1, 0.15) is 20.7 Å². The van der Waals surface area contributed by atoms with Gasteiger partial charge in [0.25, 0.3) is 0 Å². The Morgan fingerprint density at radius 2 is 1.42 bits per heavy atom. The first-order valence-corrected chi connectivity index (χ1v) is 7.56. The van der Waals surface area contributed by atoms with E-state index in [0.717, 1.165) is 6.07 Å². The summed E-state index contributed by atoms with van der Waals surface area (Å²) >= 11 is 5.65. The minimum atomic E-state index is -0.690. The molecule has 0 aromatic heterocycles. The molecule has 0 fully saturated rings. The van der Waals surface area contributed by atoms with E-state index in [2.05, 4.69) is 20.1 Å². The molecule has 0 aliphatic carbocycles. The van der Waals surface area contributed by atoms with E-state index >= 15 is 0 Å². The molecule has 2 N–H and O–H groups in total. The molecule has 0 heterocycles. The van der Waals surface area contributed by atoms with Crippen LogP contribution in [0.3, 0.4) is 0 Å². The summed E-state index contributed by atoms with van der Waals surface area (Å²) in [6.07, 6.45) is 0. The molecular formula is C17H14ClFN2O5. The summed E-state index contributed by atoms with van der Waals surface area (Å²) in [5.74, 6) is -2.00. The second-order valence-electron chi connectivity index (χ2n) is 4.99.